The van der Waals surface area contributed by atoms with E-state index in [1.165, 1.54) is 6.07 Å². The van der Waals surface area contributed by atoms with Gasteiger partial charge in [-0.2, -0.15) is 26.3 Å². The maximum Gasteiger partial charge on any atom is 0.416 e. The Hall–Kier alpha value is -2.59. The standard InChI is InChI=1S/C24H22ClF6N3O/c25-20-8-2-5-16(11-20)22-33-32-21(35-22)12-19(24(29,30)31)14-34-9-3-6-17(13-34)15-4-1-7-18(10-15)23(26,27)28/h1-2,4-5,7-8,10-11,17,19H,3,6,9,12-14H2. The molecule has 35 heavy (non-hydrogen) atoms. The van der Waals surface area contributed by atoms with Crippen molar-refractivity contribution < 1.29 is 30.8 Å². The Kier molecular flexibility index (Phi) is 7.42. The molecule has 2 heterocycles. The van der Waals surface area contributed by atoms with Gasteiger partial charge in [-0.15, -0.1) is 10.2 Å². The second-order valence-electron chi connectivity index (χ2n) is 8.68. The van der Waals surface area contributed by atoms with E-state index < -0.39 is 30.3 Å². The summed E-state index contributed by atoms with van der Waals surface area (Å²) in [5, 5.41) is 8.05. The van der Waals surface area contributed by atoms with Crippen LogP contribution >= 0.6 is 11.6 Å². The fraction of sp³-hybridized carbons (Fsp3) is 0.417. The van der Waals surface area contributed by atoms with Gasteiger partial charge in [0.05, 0.1) is 11.5 Å². The Morgan fingerprint density at radius 2 is 1.80 bits per heavy atom. The van der Waals surface area contributed by atoms with Gasteiger partial charge in [0.2, 0.25) is 11.8 Å². The van der Waals surface area contributed by atoms with E-state index in [1.807, 2.05) is 0 Å². The predicted octanol–water partition coefficient (Wildman–Crippen LogP) is 7.01. The highest BCUT2D eigenvalue weighted by Crippen LogP contribution is 2.36. The van der Waals surface area contributed by atoms with Gasteiger partial charge in [-0.25, -0.2) is 0 Å². The van der Waals surface area contributed by atoms with Crippen LogP contribution in [-0.4, -0.2) is 40.9 Å². The lowest BCUT2D eigenvalue weighted by atomic mass is 9.89. The maximum atomic E-state index is 13.9. The molecule has 1 saturated heterocycles. The van der Waals surface area contributed by atoms with Crippen LogP contribution in [0.25, 0.3) is 11.5 Å². The molecule has 188 valence electrons. The van der Waals surface area contributed by atoms with Crippen LogP contribution in [-0.2, 0) is 12.6 Å². The molecule has 2 aromatic carbocycles. The van der Waals surface area contributed by atoms with Crippen LogP contribution in [0.15, 0.2) is 52.9 Å². The van der Waals surface area contributed by atoms with Crippen molar-refractivity contribution in [1.29, 1.82) is 0 Å². The number of hydrogen-bond acceptors (Lipinski definition) is 4. The minimum Gasteiger partial charge on any atom is -0.421 e. The summed E-state index contributed by atoms with van der Waals surface area (Å²) >= 11 is 5.94. The van der Waals surface area contributed by atoms with Crippen LogP contribution in [0.3, 0.4) is 0 Å². The molecule has 1 aliphatic heterocycles. The molecule has 11 heteroatoms. The summed E-state index contributed by atoms with van der Waals surface area (Å²) in [5.74, 6) is -2.12. The molecule has 0 radical (unpaired) electrons. The van der Waals surface area contributed by atoms with E-state index >= 15 is 0 Å². The van der Waals surface area contributed by atoms with Crippen molar-refractivity contribution in [2.75, 3.05) is 19.6 Å². The second kappa shape index (κ2) is 10.2. The molecule has 0 amide bonds. The fourth-order valence-corrected chi connectivity index (χ4v) is 4.53. The zero-order valence-corrected chi connectivity index (χ0v) is 19.2. The summed E-state index contributed by atoms with van der Waals surface area (Å²) in [4.78, 5) is 1.65. The van der Waals surface area contributed by atoms with Crippen molar-refractivity contribution in [3.63, 3.8) is 0 Å². The highest BCUT2D eigenvalue weighted by atomic mass is 35.5. The Bertz CT molecular complexity index is 1150. The van der Waals surface area contributed by atoms with E-state index in [-0.39, 0.29) is 30.8 Å². The Morgan fingerprint density at radius 3 is 2.51 bits per heavy atom. The molecule has 0 spiro atoms. The van der Waals surface area contributed by atoms with Crippen LogP contribution in [0, 0.1) is 5.92 Å². The molecule has 0 saturated carbocycles. The van der Waals surface area contributed by atoms with Crippen molar-refractivity contribution >= 4 is 11.6 Å². The lowest BCUT2D eigenvalue weighted by molar-refractivity contribution is -0.180. The minimum atomic E-state index is -4.52. The smallest absolute Gasteiger partial charge is 0.416 e. The molecule has 2 unspecified atom stereocenters. The van der Waals surface area contributed by atoms with Gasteiger partial charge >= 0.3 is 12.4 Å². The largest absolute Gasteiger partial charge is 0.421 e. The van der Waals surface area contributed by atoms with Crippen LogP contribution in [0.4, 0.5) is 26.3 Å². The number of piperidine rings is 1. The van der Waals surface area contributed by atoms with Crippen LogP contribution < -0.4 is 0 Å². The van der Waals surface area contributed by atoms with Crippen molar-refractivity contribution in [2.24, 2.45) is 5.92 Å². The van der Waals surface area contributed by atoms with E-state index in [0.29, 0.717) is 35.5 Å². The normalized spacial score (nSPS) is 18.5. The molecule has 1 aliphatic rings. The molecule has 0 N–H and O–H groups in total. The highest BCUT2D eigenvalue weighted by molar-refractivity contribution is 6.30. The molecule has 3 aromatic rings. The molecule has 4 rings (SSSR count). The van der Waals surface area contributed by atoms with Gasteiger partial charge in [0.15, 0.2) is 0 Å². The van der Waals surface area contributed by atoms with E-state index in [0.717, 1.165) is 12.1 Å². The number of alkyl halides is 6. The molecule has 1 aromatic heterocycles. The van der Waals surface area contributed by atoms with Gasteiger partial charge < -0.3 is 9.32 Å². The number of hydrogen-bond donors (Lipinski definition) is 0. The third-order valence-electron chi connectivity index (χ3n) is 6.09. The van der Waals surface area contributed by atoms with Gasteiger partial charge in [-0.3, -0.25) is 0 Å². The summed E-state index contributed by atoms with van der Waals surface area (Å²) in [6.07, 6.45) is -8.29. The highest BCUT2D eigenvalue weighted by Gasteiger charge is 2.42. The average Bonchev–Trinajstić information content (AvgIpc) is 3.27. The fourth-order valence-electron chi connectivity index (χ4n) is 4.34. The maximum absolute atomic E-state index is 13.9. The molecule has 1 fully saturated rings. The number of halogens is 7. The van der Waals surface area contributed by atoms with E-state index in [2.05, 4.69) is 10.2 Å². The van der Waals surface area contributed by atoms with Crippen molar-refractivity contribution in [2.45, 2.75) is 37.5 Å². The van der Waals surface area contributed by atoms with Crippen molar-refractivity contribution in [3.05, 3.63) is 70.6 Å². The lowest BCUT2D eigenvalue weighted by Gasteiger charge is -2.35. The summed E-state index contributed by atoms with van der Waals surface area (Å²) in [5.41, 5.74) is 0.225. The van der Waals surface area contributed by atoms with E-state index in [1.54, 1.807) is 35.2 Å². The Balaban J connectivity index is 1.46. The topological polar surface area (TPSA) is 42.2 Å². The number of likely N-dealkylation sites (tertiary alicyclic amines) is 1. The zero-order valence-electron chi connectivity index (χ0n) is 18.4. The second-order valence-corrected chi connectivity index (χ2v) is 9.11. The van der Waals surface area contributed by atoms with Gasteiger partial charge in [0.1, 0.15) is 0 Å². The lowest BCUT2D eigenvalue weighted by Crippen LogP contribution is -2.42. The molecular formula is C24H22ClF6N3O. The molecule has 2 atom stereocenters. The van der Waals surface area contributed by atoms with E-state index in [4.69, 9.17) is 16.0 Å². The molecule has 0 bridgehead atoms. The summed E-state index contributed by atoms with van der Waals surface area (Å²) < 4.78 is 86.4. The van der Waals surface area contributed by atoms with Crippen LogP contribution in [0.2, 0.25) is 5.02 Å². The van der Waals surface area contributed by atoms with E-state index in [9.17, 15) is 26.3 Å². The average molecular weight is 518 g/mol. The number of nitrogens with zero attached hydrogens (tertiary/aromatic N) is 3. The van der Waals surface area contributed by atoms with Crippen LogP contribution in [0.1, 0.15) is 35.8 Å². The first kappa shape index (κ1) is 25.5. The van der Waals surface area contributed by atoms with Gasteiger partial charge in [-0.05, 0) is 55.1 Å². The summed E-state index contributed by atoms with van der Waals surface area (Å²) in [6, 6.07) is 11.6. The Morgan fingerprint density at radius 1 is 1.03 bits per heavy atom. The zero-order chi connectivity index (χ0) is 25.2. The Labute approximate surface area is 202 Å². The third-order valence-corrected chi connectivity index (χ3v) is 6.33. The monoisotopic (exact) mass is 517 g/mol. The van der Waals surface area contributed by atoms with Gasteiger partial charge in [0, 0.05) is 30.1 Å². The summed E-state index contributed by atoms with van der Waals surface area (Å²) in [7, 11) is 0. The predicted molar refractivity (Wildman–Crippen MR) is 118 cm³/mol. The van der Waals surface area contributed by atoms with Crippen molar-refractivity contribution in [3.8, 4) is 11.5 Å². The number of benzene rings is 2. The number of aromatic nitrogens is 2. The summed E-state index contributed by atoms with van der Waals surface area (Å²) in [6.45, 7) is 0.360. The SMILES string of the molecule is FC(F)(F)c1cccc(C2CCCN(CC(Cc3nnc(-c4cccc(Cl)c4)o3)C(F)(F)F)C2)c1. The first-order chi connectivity index (χ1) is 16.5. The molecular weight excluding hydrogens is 496 g/mol. The van der Waals surface area contributed by atoms with Crippen molar-refractivity contribution in [1.82, 2.24) is 15.1 Å². The quantitative estimate of drug-likeness (QED) is 0.330. The van der Waals surface area contributed by atoms with Gasteiger partial charge in [0.25, 0.3) is 0 Å². The first-order valence-electron chi connectivity index (χ1n) is 11.0. The van der Waals surface area contributed by atoms with Crippen LogP contribution in [0.5, 0.6) is 0 Å². The third kappa shape index (κ3) is 6.55. The number of rotatable bonds is 6. The minimum absolute atomic E-state index is 0.0750. The molecule has 0 aliphatic carbocycles. The first-order valence-corrected chi connectivity index (χ1v) is 11.4. The van der Waals surface area contributed by atoms with Gasteiger partial charge in [-0.1, -0.05) is 35.9 Å². The molecule has 4 nitrogen and oxygen atoms in total.